The number of aromatic nitrogens is 1. The number of carbonyl (C=O) groups excluding carboxylic acids is 1. The van der Waals surface area contributed by atoms with Crippen LogP contribution in [0.3, 0.4) is 0 Å². The van der Waals surface area contributed by atoms with Crippen LogP contribution in [0.4, 0.5) is 5.82 Å². The largest absolute Gasteiger partial charge is 0.481 e. The average Bonchev–Trinajstić information content (AvgIpc) is 2.27. The highest BCUT2D eigenvalue weighted by Gasteiger charge is 2.11. The lowest BCUT2D eigenvalue weighted by Crippen LogP contribution is -2.22. The third-order valence-corrected chi connectivity index (χ3v) is 1.92. The number of carbonyl (C=O) groups is 1. The molecule has 0 unspecified atom stereocenters. The van der Waals surface area contributed by atoms with Crippen molar-refractivity contribution in [2.45, 2.75) is 0 Å². The van der Waals surface area contributed by atoms with Gasteiger partial charge in [0.2, 0.25) is 5.88 Å². The molecule has 5 nitrogen and oxygen atoms in total. The molecule has 82 valence electrons. The fourth-order valence-electron chi connectivity index (χ4n) is 1.12. The van der Waals surface area contributed by atoms with Crippen LogP contribution in [0, 0.1) is 0 Å². The summed E-state index contributed by atoms with van der Waals surface area (Å²) < 4.78 is 5.01. The van der Waals surface area contributed by atoms with Crippen molar-refractivity contribution < 1.29 is 9.53 Å². The zero-order valence-electron chi connectivity index (χ0n) is 9.37. The number of pyridine rings is 1. The third kappa shape index (κ3) is 2.59. The molecule has 0 aliphatic heterocycles. The number of methoxy groups -OCH3 is 1. The van der Waals surface area contributed by atoms with Gasteiger partial charge in [-0.2, -0.15) is 4.98 Å². The van der Waals surface area contributed by atoms with Gasteiger partial charge in [0.25, 0.3) is 5.91 Å². The molecule has 15 heavy (non-hydrogen) atoms. The molecular weight excluding hydrogens is 194 g/mol. The minimum absolute atomic E-state index is 0.0767. The second-order valence-electron chi connectivity index (χ2n) is 3.23. The summed E-state index contributed by atoms with van der Waals surface area (Å²) in [5.41, 5.74) is 0.552. The summed E-state index contributed by atoms with van der Waals surface area (Å²) in [6.45, 7) is 0. The monoisotopic (exact) mass is 209 g/mol. The lowest BCUT2D eigenvalue weighted by atomic mass is 10.2. The second kappa shape index (κ2) is 4.63. The van der Waals surface area contributed by atoms with Gasteiger partial charge >= 0.3 is 0 Å². The highest BCUT2D eigenvalue weighted by Crippen LogP contribution is 2.16. The molecule has 0 radical (unpaired) electrons. The number of hydrogen-bond acceptors (Lipinski definition) is 4. The van der Waals surface area contributed by atoms with Gasteiger partial charge in [-0.3, -0.25) is 4.79 Å². The Bertz CT molecular complexity index is 341. The SMILES string of the molecule is CNc1cc(C(=O)N(C)C)cc(OC)n1. The molecule has 0 spiro atoms. The van der Waals surface area contributed by atoms with E-state index in [0.717, 1.165) is 0 Å². The van der Waals surface area contributed by atoms with Crippen molar-refractivity contribution in [1.82, 2.24) is 9.88 Å². The molecule has 0 aliphatic carbocycles. The summed E-state index contributed by atoms with van der Waals surface area (Å²) in [7, 11) is 6.67. The summed E-state index contributed by atoms with van der Waals surface area (Å²) >= 11 is 0. The highest BCUT2D eigenvalue weighted by atomic mass is 16.5. The van der Waals surface area contributed by atoms with Crippen LogP contribution in [-0.4, -0.2) is 44.0 Å². The van der Waals surface area contributed by atoms with Crippen LogP contribution in [0.15, 0.2) is 12.1 Å². The van der Waals surface area contributed by atoms with Crippen LogP contribution in [0.5, 0.6) is 5.88 Å². The third-order valence-electron chi connectivity index (χ3n) is 1.92. The Hall–Kier alpha value is -1.78. The van der Waals surface area contributed by atoms with E-state index in [1.54, 1.807) is 33.3 Å². The summed E-state index contributed by atoms with van der Waals surface area (Å²) in [6, 6.07) is 3.30. The summed E-state index contributed by atoms with van der Waals surface area (Å²) in [4.78, 5) is 17.3. The molecule has 1 heterocycles. The van der Waals surface area contributed by atoms with E-state index in [0.29, 0.717) is 17.3 Å². The van der Waals surface area contributed by atoms with Crippen LogP contribution in [-0.2, 0) is 0 Å². The Kier molecular flexibility index (Phi) is 3.49. The predicted octanol–water partition coefficient (Wildman–Crippen LogP) is 0.834. The van der Waals surface area contributed by atoms with Gasteiger partial charge < -0.3 is 15.0 Å². The minimum atomic E-state index is -0.0767. The van der Waals surface area contributed by atoms with E-state index in [2.05, 4.69) is 10.3 Å². The van der Waals surface area contributed by atoms with Crippen molar-refractivity contribution in [2.24, 2.45) is 0 Å². The number of nitrogens with one attached hydrogen (secondary N) is 1. The maximum absolute atomic E-state index is 11.7. The van der Waals surface area contributed by atoms with Gasteiger partial charge in [0.1, 0.15) is 5.82 Å². The molecular formula is C10H15N3O2. The molecule has 0 fully saturated rings. The summed E-state index contributed by atoms with van der Waals surface area (Å²) in [6.07, 6.45) is 0. The Balaban J connectivity index is 3.12. The molecule has 1 N–H and O–H groups in total. The first-order valence-corrected chi connectivity index (χ1v) is 4.54. The molecule has 0 saturated carbocycles. The molecule has 0 atom stereocenters. The second-order valence-corrected chi connectivity index (χ2v) is 3.23. The lowest BCUT2D eigenvalue weighted by molar-refractivity contribution is 0.0827. The zero-order chi connectivity index (χ0) is 11.4. The number of rotatable bonds is 3. The molecule has 1 aromatic heterocycles. The predicted molar refractivity (Wildman–Crippen MR) is 58.4 cm³/mol. The Morgan fingerprint density at radius 3 is 2.60 bits per heavy atom. The molecule has 0 aromatic carbocycles. The molecule has 0 saturated heterocycles. The molecule has 0 bridgehead atoms. The van der Waals surface area contributed by atoms with Gasteiger partial charge in [0.05, 0.1) is 7.11 Å². The van der Waals surface area contributed by atoms with Gasteiger partial charge in [0.15, 0.2) is 0 Å². The Morgan fingerprint density at radius 2 is 2.13 bits per heavy atom. The van der Waals surface area contributed by atoms with E-state index in [4.69, 9.17) is 4.74 Å². The van der Waals surface area contributed by atoms with E-state index in [9.17, 15) is 4.79 Å². The molecule has 5 heteroatoms. The zero-order valence-corrected chi connectivity index (χ0v) is 9.37. The number of hydrogen-bond donors (Lipinski definition) is 1. The number of amides is 1. The first-order valence-electron chi connectivity index (χ1n) is 4.54. The van der Waals surface area contributed by atoms with Crippen LogP contribution < -0.4 is 10.1 Å². The molecule has 1 rings (SSSR count). The maximum atomic E-state index is 11.7. The average molecular weight is 209 g/mol. The smallest absolute Gasteiger partial charge is 0.253 e. The minimum Gasteiger partial charge on any atom is -0.481 e. The number of nitrogens with zero attached hydrogens (tertiary/aromatic N) is 2. The van der Waals surface area contributed by atoms with E-state index >= 15 is 0 Å². The Morgan fingerprint density at radius 1 is 1.47 bits per heavy atom. The normalized spacial score (nSPS) is 9.60. The van der Waals surface area contributed by atoms with Gasteiger partial charge in [-0.1, -0.05) is 0 Å². The van der Waals surface area contributed by atoms with Gasteiger partial charge in [-0.05, 0) is 6.07 Å². The van der Waals surface area contributed by atoms with Crippen LogP contribution in [0.1, 0.15) is 10.4 Å². The van der Waals surface area contributed by atoms with Crippen molar-refractivity contribution in [3.05, 3.63) is 17.7 Å². The first-order chi connectivity index (χ1) is 7.08. The number of ether oxygens (including phenoxy) is 1. The van der Waals surface area contributed by atoms with Gasteiger partial charge in [-0.15, -0.1) is 0 Å². The standard InChI is InChI=1S/C10H15N3O2/c1-11-8-5-7(10(14)13(2)3)6-9(12-8)15-4/h5-6H,1-4H3,(H,11,12). The van der Waals surface area contributed by atoms with Crippen molar-refractivity contribution in [1.29, 1.82) is 0 Å². The summed E-state index contributed by atoms with van der Waals surface area (Å²) in [5, 5.41) is 2.87. The van der Waals surface area contributed by atoms with Crippen molar-refractivity contribution in [2.75, 3.05) is 33.6 Å². The Labute approximate surface area is 89.1 Å². The highest BCUT2D eigenvalue weighted by molar-refractivity contribution is 5.94. The molecule has 1 aromatic rings. The lowest BCUT2D eigenvalue weighted by Gasteiger charge is -2.12. The van der Waals surface area contributed by atoms with Gasteiger partial charge in [0, 0.05) is 32.8 Å². The van der Waals surface area contributed by atoms with Crippen LogP contribution in [0.2, 0.25) is 0 Å². The van der Waals surface area contributed by atoms with Gasteiger partial charge in [-0.25, -0.2) is 0 Å². The fraction of sp³-hybridized carbons (Fsp3) is 0.400. The van der Waals surface area contributed by atoms with E-state index < -0.39 is 0 Å². The van der Waals surface area contributed by atoms with Crippen molar-refractivity contribution in [3.63, 3.8) is 0 Å². The van der Waals surface area contributed by atoms with E-state index in [1.807, 2.05) is 0 Å². The van der Waals surface area contributed by atoms with E-state index in [-0.39, 0.29) is 5.91 Å². The quantitative estimate of drug-likeness (QED) is 0.801. The first kappa shape index (κ1) is 11.3. The number of anilines is 1. The maximum Gasteiger partial charge on any atom is 0.253 e. The molecule has 1 amide bonds. The van der Waals surface area contributed by atoms with Crippen LogP contribution >= 0.6 is 0 Å². The van der Waals surface area contributed by atoms with E-state index in [1.165, 1.54) is 12.0 Å². The topological polar surface area (TPSA) is 54.5 Å². The van der Waals surface area contributed by atoms with Crippen molar-refractivity contribution in [3.8, 4) is 5.88 Å². The fourth-order valence-corrected chi connectivity index (χ4v) is 1.12. The summed E-state index contributed by atoms with van der Waals surface area (Å²) in [5.74, 6) is 0.957. The van der Waals surface area contributed by atoms with Crippen molar-refractivity contribution >= 4 is 11.7 Å². The molecule has 0 aliphatic rings. The van der Waals surface area contributed by atoms with Crippen LogP contribution in [0.25, 0.3) is 0 Å².